The first-order chi connectivity index (χ1) is 11.1. The lowest BCUT2D eigenvalue weighted by Gasteiger charge is -2.26. The maximum Gasteiger partial charge on any atom is 0.317 e. The Morgan fingerprint density at radius 2 is 2.04 bits per heavy atom. The van der Waals surface area contributed by atoms with Crippen LogP contribution in [0.2, 0.25) is 0 Å². The summed E-state index contributed by atoms with van der Waals surface area (Å²) in [7, 11) is 1.94. The van der Waals surface area contributed by atoms with E-state index in [1.165, 1.54) is 12.0 Å². The van der Waals surface area contributed by atoms with Gasteiger partial charge in [0.1, 0.15) is 0 Å². The summed E-state index contributed by atoms with van der Waals surface area (Å²) in [4.78, 5) is 15.4. The van der Waals surface area contributed by atoms with Gasteiger partial charge in [0, 0.05) is 6.04 Å². The number of benzene rings is 1. The number of rotatable bonds is 7. The van der Waals surface area contributed by atoms with E-state index < -0.39 is 5.97 Å². The van der Waals surface area contributed by atoms with E-state index in [-0.39, 0.29) is 6.54 Å². The molecule has 2 unspecified atom stereocenters. The fourth-order valence-electron chi connectivity index (χ4n) is 3.47. The van der Waals surface area contributed by atoms with E-state index in [0.29, 0.717) is 12.0 Å². The molecule has 2 atom stereocenters. The predicted molar refractivity (Wildman–Crippen MR) is 93.8 cm³/mol. The molecule has 4 nitrogen and oxygen atoms in total. The van der Waals surface area contributed by atoms with Crippen molar-refractivity contribution in [1.29, 1.82) is 0 Å². The Balaban J connectivity index is 1.76. The van der Waals surface area contributed by atoms with Crippen LogP contribution in [-0.4, -0.2) is 60.1 Å². The maximum absolute atomic E-state index is 10.9. The van der Waals surface area contributed by atoms with Crippen molar-refractivity contribution in [3.8, 4) is 0 Å². The van der Waals surface area contributed by atoms with Gasteiger partial charge in [0.15, 0.2) is 0 Å². The average Bonchev–Trinajstić information content (AvgIpc) is 2.78. The van der Waals surface area contributed by atoms with Gasteiger partial charge in [0.05, 0.1) is 6.54 Å². The minimum absolute atomic E-state index is 0.149. The number of nitrogens with zero attached hydrogens (tertiary/aromatic N) is 2. The molecule has 2 rings (SSSR count). The summed E-state index contributed by atoms with van der Waals surface area (Å²) < 4.78 is 0. The summed E-state index contributed by atoms with van der Waals surface area (Å²) in [6.45, 7) is 5.80. The van der Waals surface area contributed by atoms with Gasteiger partial charge in [-0.1, -0.05) is 37.3 Å². The van der Waals surface area contributed by atoms with Crippen molar-refractivity contribution in [2.45, 2.75) is 44.6 Å². The fourth-order valence-corrected chi connectivity index (χ4v) is 3.47. The first kappa shape index (κ1) is 18.0. The first-order valence-electron chi connectivity index (χ1n) is 8.75. The lowest BCUT2D eigenvalue weighted by molar-refractivity contribution is -0.138. The standard InChI is InChI=1S/C19H30N2O2/c1-16(17-7-4-3-5-8-17)10-13-21-12-6-9-18(11-14-21)20(2)15-19(22)23/h3-5,7-8,16,18H,6,9-15H2,1-2H3,(H,22,23). The van der Waals surface area contributed by atoms with Crippen molar-refractivity contribution < 1.29 is 9.90 Å². The molecule has 0 spiro atoms. The van der Waals surface area contributed by atoms with E-state index >= 15 is 0 Å². The molecule has 1 aromatic carbocycles. The summed E-state index contributed by atoms with van der Waals surface area (Å²) in [6.07, 6.45) is 4.52. The smallest absolute Gasteiger partial charge is 0.317 e. The van der Waals surface area contributed by atoms with Gasteiger partial charge in [-0.05, 0) is 63.8 Å². The van der Waals surface area contributed by atoms with Crippen molar-refractivity contribution in [2.24, 2.45) is 0 Å². The average molecular weight is 318 g/mol. The highest BCUT2D eigenvalue weighted by molar-refractivity contribution is 5.69. The van der Waals surface area contributed by atoms with E-state index in [1.807, 2.05) is 11.9 Å². The predicted octanol–water partition coefficient (Wildman–Crippen LogP) is 3.05. The second-order valence-corrected chi connectivity index (χ2v) is 6.84. The van der Waals surface area contributed by atoms with Gasteiger partial charge in [0.25, 0.3) is 0 Å². The zero-order valence-corrected chi connectivity index (χ0v) is 14.4. The summed E-state index contributed by atoms with van der Waals surface area (Å²) >= 11 is 0. The van der Waals surface area contributed by atoms with E-state index in [0.717, 1.165) is 38.9 Å². The minimum Gasteiger partial charge on any atom is -0.480 e. The van der Waals surface area contributed by atoms with E-state index in [4.69, 9.17) is 5.11 Å². The highest BCUT2D eigenvalue weighted by atomic mass is 16.4. The molecule has 0 aliphatic carbocycles. The van der Waals surface area contributed by atoms with Gasteiger partial charge in [0.2, 0.25) is 0 Å². The van der Waals surface area contributed by atoms with Crippen LogP contribution < -0.4 is 0 Å². The Morgan fingerprint density at radius 1 is 1.30 bits per heavy atom. The SMILES string of the molecule is CC(CCN1CCCC(N(C)CC(=O)O)CC1)c1ccccc1. The van der Waals surface area contributed by atoms with Gasteiger partial charge >= 0.3 is 5.97 Å². The van der Waals surface area contributed by atoms with Crippen LogP contribution in [0.4, 0.5) is 0 Å². The molecule has 1 fully saturated rings. The monoisotopic (exact) mass is 318 g/mol. The van der Waals surface area contributed by atoms with Crippen LogP contribution in [0.25, 0.3) is 0 Å². The van der Waals surface area contributed by atoms with Crippen LogP contribution in [-0.2, 0) is 4.79 Å². The van der Waals surface area contributed by atoms with Gasteiger partial charge in [-0.15, -0.1) is 0 Å². The molecular weight excluding hydrogens is 288 g/mol. The summed E-state index contributed by atoms with van der Waals surface area (Å²) in [5.41, 5.74) is 1.42. The quantitative estimate of drug-likeness (QED) is 0.839. The van der Waals surface area contributed by atoms with Crippen LogP contribution in [0.15, 0.2) is 30.3 Å². The van der Waals surface area contributed by atoms with Crippen molar-refractivity contribution in [3.05, 3.63) is 35.9 Å². The van der Waals surface area contributed by atoms with Crippen molar-refractivity contribution >= 4 is 5.97 Å². The minimum atomic E-state index is -0.731. The van der Waals surface area contributed by atoms with E-state index in [2.05, 4.69) is 42.2 Å². The molecule has 128 valence electrons. The highest BCUT2D eigenvalue weighted by Crippen LogP contribution is 2.21. The van der Waals surface area contributed by atoms with Gasteiger partial charge in [-0.3, -0.25) is 9.69 Å². The van der Waals surface area contributed by atoms with Crippen LogP contribution in [0.1, 0.15) is 44.1 Å². The molecule has 0 bridgehead atoms. The van der Waals surface area contributed by atoms with Crippen LogP contribution in [0.3, 0.4) is 0 Å². The molecule has 4 heteroatoms. The Kier molecular flexibility index (Phi) is 7.06. The third-order valence-corrected chi connectivity index (χ3v) is 5.05. The zero-order valence-electron chi connectivity index (χ0n) is 14.4. The Morgan fingerprint density at radius 3 is 2.74 bits per heavy atom. The maximum atomic E-state index is 10.9. The normalized spacial score (nSPS) is 21.1. The summed E-state index contributed by atoms with van der Waals surface area (Å²) in [5, 5.41) is 8.94. The number of carboxylic acid groups (broad SMARTS) is 1. The molecule has 0 amide bonds. The molecule has 1 N–H and O–H groups in total. The second-order valence-electron chi connectivity index (χ2n) is 6.84. The molecule has 1 saturated heterocycles. The molecule has 1 aromatic rings. The van der Waals surface area contributed by atoms with Gasteiger partial charge in [-0.25, -0.2) is 0 Å². The van der Waals surface area contributed by atoms with Crippen molar-refractivity contribution in [3.63, 3.8) is 0 Å². The largest absolute Gasteiger partial charge is 0.480 e. The molecule has 23 heavy (non-hydrogen) atoms. The molecule has 1 heterocycles. The van der Waals surface area contributed by atoms with E-state index in [9.17, 15) is 4.79 Å². The number of carboxylic acids is 1. The van der Waals surface area contributed by atoms with Gasteiger partial charge in [-0.2, -0.15) is 0 Å². The number of aliphatic carboxylic acids is 1. The number of carbonyl (C=O) groups is 1. The summed E-state index contributed by atoms with van der Waals surface area (Å²) in [6, 6.07) is 11.1. The number of hydrogen-bond acceptors (Lipinski definition) is 3. The fraction of sp³-hybridized carbons (Fsp3) is 0.632. The van der Waals surface area contributed by atoms with Crippen LogP contribution in [0.5, 0.6) is 0 Å². The topological polar surface area (TPSA) is 43.8 Å². The number of likely N-dealkylation sites (tertiary alicyclic amines) is 1. The van der Waals surface area contributed by atoms with Crippen molar-refractivity contribution in [1.82, 2.24) is 9.80 Å². The van der Waals surface area contributed by atoms with Gasteiger partial charge < -0.3 is 10.0 Å². The highest BCUT2D eigenvalue weighted by Gasteiger charge is 2.21. The Labute approximate surface area is 140 Å². The van der Waals surface area contributed by atoms with Crippen LogP contribution >= 0.6 is 0 Å². The molecule has 1 aliphatic rings. The molecule has 0 radical (unpaired) electrons. The molecule has 0 saturated carbocycles. The lowest BCUT2D eigenvalue weighted by Crippen LogP contribution is -2.36. The molecule has 1 aliphatic heterocycles. The number of hydrogen-bond donors (Lipinski definition) is 1. The summed E-state index contributed by atoms with van der Waals surface area (Å²) in [5.74, 6) is -0.143. The third-order valence-electron chi connectivity index (χ3n) is 5.05. The third kappa shape index (κ3) is 5.96. The second kappa shape index (κ2) is 9.04. The Hall–Kier alpha value is -1.39. The zero-order chi connectivity index (χ0) is 16.7. The Bertz CT molecular complexity index is 478. The first-order valence-corrected chi connectivity index (χ1v) is 8.75. The molecular formula is C19H30N2O2. The van der Waals surface area contributed by atoms with E-state index in [1.54, 1.807) is 0 Å². The lowest BCUT2D eigenvalue weighted by atomic mass is 9.98. The van der Waals surface area contributed by atoms with Crippen molar-refractivity contribution in [2.75, 3.05) is 33.2 Å². The number of likely N-dealkylation sites (N-methyl/N-ethyl adjacent to an activating group) is 1. The van der Waals surface area contributed by atoms with Crippen LogP contribution in [0, 0.1) is 0 Å². The molecule has 0 aromatic heterocycles.